The van der Waals surface area contributed by atoms with Crippen molar-refractivity contribution in [1.29, 1.82) is 0 Å². The Hall–Kier alpha value is -1.69. The van der Waals surface area contributed by atoms with Crippen molar-refractivity contribution in [3.05, 3.63) is 28.5 Å². The quantitative estimate of drug-likeness (QED) is 0.852. The van der Waals surface area contributed by atoms with E-state index in [4.69, 9.17) is 12.2 Å². The van der Waals surface area contributed by atoms with Crippen LogP contribution in [0.2, 0.25) is 0 Å². The van der Waals surface area contributed by atoms with Gasteiger partial charge in [0, 0.05) is 38.3 Å². The van der Waals surface area contributed by atoms with Crippen molar-refractivity contribution in [1.82, 2.24) is 14.8 Å². The highest BCUT2D eigenvalue weighted by Gasteiger charge is 2.31. The second-order valence-electron chi connectivity index (χ2n) is 5.98. The first-order valence-electron chi connectivity index (χ1n) is 7.93. The topological polar surface area (TPSA) is 56.4 Å². The number of H-pyrrole nitrogens is 1. The van der Waals surface area contributed by atoms with Crippen molar-refractivity contribution in [2.45, 2.75) is 38.1 Å². The molecule has 1 N–H and O–H groups in total. The minimum atomic E-state index is -0.00901. The molecule has 2 aliphatic rings. The average Bonchev–Trinajstić information content (AvgIpc) is 2.55. The van der Waals surface area contributed by atoms with E-state index < -0.39 is 0 Å². The number of likely N-dealkylation sites (tertiary alicyclic amines) is 2. The summed E-state index contributed by atoms with van der Waals surface area (Å²) in [6, 6.07) is 3.85. The molecule has 0 aromatic carbocycles. The molecule has 3 rings (SSSR count). The highest BCUT2D eigenvalue weighted by atomic mass is 32.1. The summed E-state index contributed by atoms with van der Waals surface area (Å²) in [4.78, 5) is 31.3. The van der Waals surface area contributed by atoms with Crippen molar-refractivity contribution >= 4 is 24.0 Å². The Balaban J connectivity index is 1.62. The maximum atomic E-state index is 12.5. The SMILES string of the molecule is O=C(c1ccc[nH]c1=S)N1CCC(N2CCCCC2=O)CC1. The van der Waals surface area contributed by atoms with Gasteiger partial charge >= 0.3 is 0 Å². The van der Waals surface area contributed by atoms with Crippen LogP contribution < -0.4 is 0 Å². The molecule has 6 heteroatoms. The number of piperidine rings is 2. The van der Waals surface area contributed by atoms with Crippen LogP contribution in [0.4, 0.5) is 0 Å². The standard InChI is InChI=1S/C16H21N3O2S/c20-14-5-1-2-9-19(14)12-6-10-18(11-7-12)16(21)13-4-3-8-17-15(13)22/h3-4,8,12H,1-2,5-7,9-11H2,(H,17,22). The van der Waals surface area contributed by atoms with Crippen molar-refractivity contribution in [2.75, 3.05) is 19.6 Å². The minimum Gasteiger partial charge on any atom is -0.352 e. The molecule has 5 nitrogen and oxygen atoms in total. The third kappa shape index (κ3) is 3.06. The first-order valence-corrected chi connectivity index (χ1v) is 8.34. The van der Waals surface area contributed by atoms with E-state index in [0.29, 0.717) is 35.8 Å². The minimum absolute atomic E-state index is 0.00901. The van der Waals surface area contributed by atoms with Crippen LogP contribution in [0.1, 0.15) is 42.5 Å². The lowest BCUT2D eigenvalue weighted by atomic mass is 9.99. The van der Waals surface area contributed by atoms with Crippen LogP contribution in [0.5, 0.6) is 0 Å². The maximum absolute atomic E-state index is 12.5. The fraction of sp³-hybridized carbons (Fsp3) is 0.562. The van der Waals surface area contributed by atoms with E-state index in [1.54, 1.807) is 18.3 Å². The average molecular weight is 319 g/mol. The van der Waals surface area contributed by atoms with Crippen LogP contribution in [-0.2, 0) is 4.79 Å². The zero-order valence-electron chi connectivity index (χ0n) is 12.6. The van der Waals surface area contributed by atoms with E-state index in [9.17, 15) is 9.59 Å². The molecule has 2 aliphatic heterocycles. The van der Waals surface area contributed by atoms with E-state index in [-0.39, 0.29) is 11.8 Å². The second kappa shape index (κ2) is 6.60. The second-order valence-corrected chi connectivity index (χ2v) is 6.39. The van der Waals surface area contributed by atoms with Crippen LogP contribution in [0.25, 0.3) is 0 Å². The molecule has 1 aromatic heterocycles. The molecule has 1 aromatic rings. The summed E-state index contributed by atoms with van der Waals surface area (Å²) in [5.41, 5.74) is 0.560. The van der Waals surface area contributed by atoms with Gasteiger partial charge in [0.25, 0.3) is 5.91 Å². The molecule has 118 valence electrons. The zero-order chi connectivity index (χ0) is 15.5. The normalized spacial score (nSPS) is 20.3. The highest BCUT2D eigenvalue weighted by Crippen LogP contribution is 2.22. The number of hydrogen-bond donors (Lipinski definition) is 1. The van der Waals surface area contributed by atoms with E-state index in [2.05, 4.69) is 4.98 Å². The lowest BCUT2D eigenvalue weighted by Gasteiger charge is -2.40. The first kappa shape index (κ1) is 15.2. The van der Waals surface area contributed by atoms with E-state index in [1.807, 2.05) is 9.80 Å². The molecule has 0 spiro atoms. The van der Waals surface area contributed by atoms with Gasteiger partial charge in [-0.05, 0) is 37.8 Å². The Morgan fingerprint density at radius 1 is 1.23 bits per heavy atom. The molecule has 22 heavy (non-hydrogen) atoms. The Labute approximate surface area is 135 Å². The molecule has 0 bridgehead atoms. The number of aromatic amines is 1. The van der Waals surface area contributed by atoms with Crippen LogP contribution in [0, 0.1) is 4.64 Å². The van der Waals surface area contributed by atoms with Crippen LogP contribution in [0.15, 0.2) is 18.3 Å². The van der Waals surface area contributed by atoms with Crippen molar-refractivity contribution < 1.29 is 9.59 Å². The Morgan fingerprint density at radius 3 is 2.68 bits per heavy atom. The van der Waals surface area contributed by atoms with E-state index >= 15 is 0 Å². The number of nitrogens with one attached hydrogen (secondary N) is 1. The number of pyridine rings is 1. The highest BCUT2D eigenvalue weighted by molar-refractivity contribution is 7.71. The summed E-state index contributed by atoms with van der Waals surface area (Å²) in [7, 11) is 0. The number of nitrogens with zero attached hydrogens (tertiary/aromatic N) is 2. The predicted octanol–water partition coefficient (Wildman–Crippen LogP) is 2.36. The van der Waals surface area contributed by atoms with E-state index in [1.165, 1.54) is 0 Å². The van der Waals surface area contributed by atoms with Gasteiger partial charge in [0.05, 0.1) is 5.56 Å². The van der Waals surface area contributed by atoms with Gasteiger partial charge in [-0.1, -0.05) is 12.2 Å². The molecule has 2 amide bonds. The van der Waals surface area contributed by atoms with E-state index in [0.717, 1.165) is 32.2 Å². The van der Waals surface area contributed by atoms with Gasteiger partial charge in [0.1, 0.15) is 4.64 Å². The molecule has 0 saturated carbocycles. The number of carbonyl (C=O) groups is 2. The number of hydrogen-bond acceptors (Lipinski definition) is 3. The molecule has 2 fully saturated rings. The maximum Gasteiger partial charge on any atom is 0.256 e. The third-order valence-corrected chi connectivity index (χ3v) is 4.94. The smallest absolute Gasteiger partial charge is 0.256 e. The van der Waals surface area contributed by atoms with Gasteiger partial charge in [-0.3, -0.25) is 9.59 Å². The number of carbonyl (C=O) groups excluding carboxylic acids is 2. The molecule has 2 saturated heterocycles. The lowest BCUT2D eigenvalue weighted by Crippen LogP contribution is -2.50. The van der Waals surface area contributed by atoms with Crippen LogP contribution >= 0.6 is 12.2 Å². The molecule has 0 aliphatic carbocycles. The van der Waals surface area contributed by atoms with Crippen LogP contribution in [0.3, 0.4) is 0 Å². The predicted molar refractivity (Wildman–Crippen MR) is 86.1 cm³/mol. The summed E-state index contributed by atoms with van der Waals surface area (Å²) >= 11 is 5.18. The molecule has 0 atom stereocenters. The molecular formula is C16H21N3O2S. The Morgan fingerprint density at radius 2 is 2.00 bits per heavy atom. The lowest BCUT2D eigenvalue weighted by molar-refractivity contribution is -0.136. The zero-order valence-corrected chi connectivity index (χ0v) is 13.4. The monoisotopic (exact) mass is 319 g/mol. The Kier molecular flexibility index (Phi) is 4.57. The summed E-state index contributed by atoms with van der Waals surface area (Å²) in [5, 5.41) is 0. The molecule has 3 heterocycles. The number of amides is 2. The fourth-order valence-corrected chi connectivity index (χ4v) is 3.58. The van der Waals surface area contributed by atoms with Gasteiger partial charge in [0.2, 0.25) is 5.91 Å². The van der Waals surface area contributed by atoms with Gasteiger partial charge in [0.15, 0.2) is 0 Å². The molecule has 0 radical (unpaired) electrons. The summed E-state index contributed by atoms with van der Waals surface area (Å²) in [5.74, 6) is 0.270. The summed E-state index contributed by atoms with van der Waals surface area (Å²) < 4.78 is 0.487. The van der Waals surface area contributed by atoms with Crippen molar-refractivity contribution in [3.8, 4) is 0 Å². The van der Waals surface area contributed by atoms with Crippen molar-refractivity contribution in [2.24, 2.45) is 0 Å². The van der Waals surface area contributed by atoms with Gasteiger partial charge in [-0.25, -0.2) is 0 Å². The summed E-state index contributed by atoms with van der Waals surface area (Å²) in [6.45, 7) is 2.26. The molecular weight excluding hydrogens is 298 g/mol. The fourth-order valence-electron chi connectivity index (χ4n) is 3.35. The largest absolute Gasteiger partial charge is 0.352 e. The van der Waals surface area contributed by atoms with Crippen molar-refractivity contribution in [3.63, 3.8) is 0 Å². The van der Waals surface area contributed by atoms with Crippen LogP contribution in [-0.4, -0.2) is 52.3 Å². The van der Waals surface area contributed by atoms with Gasteiger partial charge in [-0.15, -0.1) is 0 Å². The third-order valence-electron chi connectivity index (χ3n) is 4.60. The summed E-state index contributed by atoms with van der Waals surface area (Å²) in [6.07, 6.45) is 6.25. The first-order chi connectivity index (χ1) is 10.7. The number of rotatable bonds is 2. The Bertz CT molecular complexity index is 620. The molecule has 0 unspecified atom stereocenters. The number of aromatic nitrogens is 1. The van der Waals surface area contributed by atoms with Gasteiger partial charge < -0.3 is 14.8 Å². The van der Waals surface area contributed by atoms with Gasteiger partial charge in [-0.2, -0.15) is 0 Å².